The van der Waals surface area contributed by atoms with Gasteiger partial charge < -0.3 is 21.3 Å². The van der Waals surface area contributed by atoms with Crippen LogP contribution in [0.1, 0.15) is 0 Å². The van der Waals surface area contributed by atoms with Crippen LogP contribution in [0, 0.1) is 0 Å². The predicted molar refractivity (Wildman–Crippen MR) is 129 cm³/mol. The number of thiazole rings is 2. The maximum absolute atomic E-state index is 12.4. The summed E-state index contributed by atoms with van der Waals surface area (Å²) >= 11 is 2.91. The van der Waals surface area contributed by atoms with Crippen molar-refractivity contribution >= 4 is 65.2 Å². The Morgan fingerprint density at radius 1 is 0.781 bits per heavy atom. The van der Waals surface area contributed by atoms with Crippen LogP contribution in [-0.4, -0.2) is 97.0 Å². The topological polar surface area (TPSA) is 115 Å². The van der Waals surface area contributed by atoms with Crippen molar-refractivity contribution < 1.29 is 9.59 Å². The maximum atomic E-state index is 12.4. The van der Waals surface area contributed by atoms with Crippen molar-refractivity contribution in [3.05, 3.63) is 12.1 Å². The number of hydrogen-bond acceptors (Lipinski definition) is 10. The first-order valence-corrected chi connectivity index (χ1v) is 12.4. The van der Waals surface area contributed by atoms with Crippen LogP contribution >= 0.6 is 22.7 Å². The summed E-state index contributed by atoms with van der Waals surface area (Å²) in [7, 11) is 0. The molecule has 0 atom stereocenters. The Kier molecular flexibility index (Phi) is 6.57. The third kappa shape index (κ3) is 5.22. The average Bonchev–Trinajstić information content (AvgIpc) is 3.34. The summed E-state index contributed by atoms with van der Waals surface area (Å²) in [6, 6.07) is 3.94. The van der Waals surface area contributed by atoms with E-state index in [4.69, 9.17) is 0 Å². The smallest absolute Gasteiger partial charge is 0.240 e. The summed E-state index contributed by atoms with van der Waals surface area (Å²) in [6.07, 6.45) is 0. The van der Waals surface area contributed by atoms with Gasteiger partial charge in [0.15, 0.2) is 10.3 Å². The summed E-state index contributed by atoms with van der Waals surface area (Å²) in [5, 5.41) is 13.6. The van der Waals surface area contributed by atoms with Gasteiger partial charge in [-0.25, -0.2) is 9.97 Å². The molecule has 170 valence electrons. The molecule has 1 aromatic carbocycles. The Morgan fingerprint density at radius 2 is 1.22 bits per heavy atom. The van der Waals surface area contributed by atoms with E-state index in [0.717, 1.165) is 72.8 Å². The minimum Gasteiger partial charge on any atom is -0.314 e. The van der Waals surface area contributed by atoms with Gasteiger partial charge in [-0.3, -0.25) is 19.4 Å². The van der Waals surface area contributed by atoms with Gasteiger partial charge in [-0.05, 0) is 12.1 Å². The predicted octanol–water partition coefficient (Wildman–Crippen LogP) is 0.593. The highest BCUT2D eigenvalue weighted by Crippen LogP contribution is 2.34. The number of aromatic nitrogens is 2. The monoisotopic (exact) mass is 474 g/mol. The standard InChI is InChI=1S/C20H26N8O2S2/c29-17(11-27-5-1-21-2-6-27)25-19-23-13-9-14-16(10-15(13)31-19)32-20(24-14)26-18(30)12-28-7-3-22-4-8-28/h9-10,21-22H,1-8,11-12H2,(H,23,25,29)(H,24,26,30). The fourth-order valence-electron chi connectivity index (χ4n) is 3.92. The number of amides is 2. The zero-order valence-electron chi connectivity index (χ0n) is 17.6. The number of nitrogens with zero attached hydrogens (tertiary/aromatic N) is 4. The van der Waals surface area contributed by atoms with Crippen molar-refractivity contribution in [3.8, 4) is 0 Å². The van der Waals surface area contributed by atoms with E-state index < -0.39 is 0 Å². The average molecular weight is 475 g/mol. The van der Waals surface area contributed by atoms with E-state index in [-0.39, 0.29) is 11.8 Å². The first-order valence-electron chi connectivity index (χ1n) is 10.8. The highest BCUT2D eigenvalue weighted by Gasteiger charge is 2.17. The SMILES string of the molecule is O=C(CN1CCNCC1)Nc1nc2cc3nc(NC(=O)CN4CCNCC4)sc3cc2s1. The molecule has 5 rings (SSSR count). The first-order chi connectivity index (χ1) is 15.6. The Balaban J connectivity index is 1.23. The zero-order valence-corrected chi connectivity index (χ0v) is 19.3. The van der Waals surface area contributed by atoms with Gasteiger partial charge in [-0.2, -0.15) is 0 Å². The molecule has 2 fully saturated rings. The third-order valence-corrected chi connectivity index (χ3v) is 7.41. The highest BCUT2D eigenvalue weighted by molar-refractivity contribution is 7.24. The Morgan fingerprint density at radius 3 is 1.66 bits per heavy atom. The number of piperazine rings is 2. The van der Waals surface area contributed by atoms with Crippen LogP contribution in [-0.2, 0) is 9.59 Å². The second-order valence-corrected chi connectivity index (χ2v) is 10.0. The minimum atomic E-state index is -0.0413. The van der Waals surface area contributed by atoms with E-state index in [9.17, 15) is 9.59 Å². The molecule has 2 saturated heterocycles. The van der Waals surface area contributed by atoms with Crippen molar-refractivity contribution in [2.45, 2.75) is 0 Å². The number of nitrogens with one attached hydrogen (secondary N) is 4. The van der Waals surface area contributed by atoms with E-state index in [1.165, 1.54) is 22.7 Å². The molecule has 12 heteroatoms. The van der Waals surface area contributed by atoms with Gasteiger partial charge in [-0.1, -0.05) is 22.7 Å². The number of benzene rings is 1. The quantitative estimate of drug-likeness (QED) is 0.411. The molecule has 32 heavy (non-hydrogen) atoms. The molecule has 4 heterocycles. The molecule has 0 saturated carbocycles. The number of rotatable bonds is 6. The van der Waals surface area contributed by atoms with E-state index in [1.54, 1.807) is 0 Å². The summed E-state index contributed by atoms with van der Waals surface area (Å²) in [5.74, 6) is -0.0826. The molecule has 2 aliphatic rings. The molecule has 2 aromatic heterocycles. The number of anilines is 2. The molecule has 0 spiro atoms. The zero-order chi connectivity index (χ0) is 21.9. The van der Waals surface area contributed by atoms with Crippen LogP contribution in [0.25, 0.3) is 20.4 Å². The number of fused-ring (bicyclic) bond motifs is 2. The number of carbonyl (C=O) groups excluding carboxylic acids is 2. The van der Waals surface area contributed by atoms with Crippen molar-refractivity contribution in [3.63, 3.8) is 0 Å². The highest BCUT2D eigenvalue weighted by atomic mass is 32.1. The molecular formula is C20H26N8O2S2. The lowest BCUT2D eigenvalue weighted by molar-refractivity contribution is -0.118. The lowest BCUT2D eigenvalue weighted by atomic mass is 10.3. The summed E-state index contributed by atoms with van der Waals surface area (Å²) in [5.41, 5.74) is 1.59. The van der Waals surface area contributed by atoms with Gasteiger partial charge in [-0.15, -0.1) is 0 Å². The summed E-state index contributed by atoms with van der Waals surface area (Å²) < 4.78 is 1.97. The lowest BCUT2D eigenvalue weighted by Crippen LogP contribution is -2.46. The molecule has 2 amide bonds. The van der Waals surface area contributed by atoms with Gasteiger partial charge in [0.1, 0.15) is 0 Å². The molecule has 0 bridgehead atoms. The van der Waals surface area contributed by atoms with Crippen molar-refractivity contribution in [1.29, 1.82) is 0 Å². The fourth-order valence-corrected chi connectivity index (χ4v) is 5.80. The normalized spacial score (nSPS) is 18.2. The minimum absolute atomic E-state index is 0.0413. The third-order valence-electron chi connectivity index (χ3n) is 5.54. The number of hydrogen-bond donors (Lipinski definition) is 4. The van der Waals surface area contributed by atoms with Gasteiger partial charge in [0.2, 0.25) is 11.8 Å². The lowest BCUT2D eigenvalue weighted by Gasteiger charge is -2.26. The maximum Gasteiger partial charge on any atom is 0.240 e. The van der Waals surface area contributed by atoms with Crippen LogP contribution in [0.15, 0.2) is 12.1 Å². The van der Waals surface area contributed by atoms with Crippen LogP contribution in [0.4, 0.5) is 10.3 Å². The molecule has 4 N–H and O–H groups in total. The second kappa shape index (κ2) is 9.73. The molecular weight excluding hydrogens is 448 g/mol. The van der Waals surface area contributed by atoms with Crippen LogP contribution in [0.2, 0.25) is 0 Å². The van der Waals surface area contributed by atoms with Gasteiger partial charge >= 0.3 is 0 Å². The van der Waals surface area contributed by atoms with Gasteiger partial charge in [0, 0.05) is 52.4 Å². The van der Waals surface area contributed by atoms with E-state index in [2.05, 4.69) is 41.0 Å². The molecule has 0 unspecified atom stereocenters. The number of carbonyl (C=O) groups is 2. The molecule has 2 aliphatic heterocycles. The second-order valence-electron chi connectivity index (χ2n) is 7.97. The van der Waals surface area contributed by atoms with E-state index in [1.807, 2.05) is 12.1 Å². The molecule has 10 nitrogen and oxygen atoms in total. The first kappa shape index (κ1) is 21.6. The molecule has 3 aromatic rings. The van der Waals surface area contributed by atoms with Crippen molar-refractivity contribution in [2.75, 3.05) is 76.1 Å². The van der Waals surface area contributed by atoms with Crippen molar-refractivity contribution in [2.24, 2.45) is 0 Å². The Bertz CT molecular complexity index is 983. The summed E-state index contributed by atoms with van der Waals surface area (Å²) in [6.45, 7) is 7.93. The fraction of sp³-hybridized carbons (Fsp3) is 0.500. The van der Waals surface area contributed by atoms with Gasteiger partial charge in [0.25, 0.3) is 0 Å². The van der Waals surface area contributed by atoms with Gasteiger partial charge in [0.05, 0.1) is 33.5 Å². The molecule has 0 aliphatic carbocycles. The molecule has 0 radical (unpaired) electrons. The van der Waals surface area contributed by atoms with Crippen LogP contribution in [0.3, 0.4) is 0 Å². The largest absolute Gasteiger partial charge is 0.314 e. The van der Waals surface area contributed by atoms with E-state index >= 15 is 0 Å². The van der Waals surface area contributed by atoms with Crippen LogP contribution < -0.4 is 21.3 Å². The van der Waals surface area contributed by atoms with Crippen LogP contribution in [0.5, 0.6) is 0 Å². The Hall–Kier alpha value is -2.22. The summed E-state index contributed by atoms with van der Waals surface area (Å²) in [4.78, 5) is 38.1. The van der Waals surface area contributed by atoms with Crippen molar-refractivity contribution in [1.82, 2.24) is 30.4 Å². The Labute approximate surface area is 193 Å². The van der Waals surface area contributed by atoms with E-state index in [0.29, 0.717) is 23.4 Å².